The summed E-state index contributed by atoms with van der Waals surface area (Å²) in [6.45, 7) is 1.87. The summed E-state index contributed by atoms with van der Waals surface area (Å²) in [5, 5.41) is 1.09. The molecule has 0 aliphatic carbocycles. The quantitative estimate of drug-likeness (QED) is 0.808. The Morgan fingerprint density at radius 1 is 1.58 bits per heavy atom. The fourth-order valence-corrected chi connectivity index (χ4v) is 3.56. The van der Waals surface area contributed by atoms with E-state index < -0.39 is 0 Å². The highest BCUT2D eigenvalue weighted by Gasteiger charge is 2.22. The number of pyridine rings is 1. The van der Waals surface area contributed by atoms with E-state index in [1.807, 2.05) is 18.3 Å². The molecule has 1 aliphatic rings. The molecule has 3 heterocycles. The van der Waals surface area contributed by atoms with Gasteiger partial charge < -0.3 is 9.64 Å². The standard InChI is InChI=1S/C14H16N2O2S/c1-18-11-3-2-6-16(8-11)14-13-10(4-5-15-14)7-12(9-17)19-13/h4-5,7,9,11H,2-3,6,8H2,1H3. The molecule has 0 aromatic carbocycles. The number of anilines is 1. The van der Waals surface area contributed by atoms with Crippen molar-refractivity contribution in [3.05, 3.63) is 23.2 Å². The first-order valence-corrected chi connectivity index (χ1v) is 7.25. The molecule has 0 amide bonds. The van der Waals surface area contributed by atoms with Gasteiger partial charge in [0.25, 0.3) is 0 Å². The molecule has 0 saturated carbocycles. The Morgan fingerprint density at radius 2 is 2.47 bits per heavy atom. The first kappa shape index (κ1) is 12.6. The Kier molecular flexibility index (Phi) is 3.48. The zero-order valence-electron chi connectivity index (χ0n) is 10.8. The number of aldehydes is 1. The van der Waals surface area contributed by atoms with Crippen molar-refractivity contribution in [1.29, 1.82) is 0 Å². The van der Waals surface area contributed by atoms with Crippen molar-refractivity contribution in [3.63, 3.8) is 0 Å². The monoisotopic (exact) mass is 276 g/mol. The molecule has 19 heavy (non-hydrogen) atoms. The number of carbonyl (C=O) groups is 1. The molecule has 1 fully saturated rings. The minimum Gasteiger partial charge on any atom is -0.380 e. The number of rotatable bonds is 3. The van der Waals surface area contributed by atoms with Crippen LogP contribution in [0.2, 0.25) is 0 Å². The Hall–Kier alpha value is -1.46. The van der Waals surface area contributed by atoms with Gasteiger partial charge in [-0.2, -0.15) is 0 Å². The number of thiophene rings is 1. The van der Waals surface area contributed by atoms with Crippen LogP contribution in [-0.2, 0) is 4.74 Å². The molecule has 100 valence electrons. The largest absolute Gasteiger partial charge is 0.380 e. The summed E-state index contributed by atoms with van der Waals surface area (Å²) in [4.78, 5) is 18.5. The zero-order chi connectivity index (χ0) is 13.2. The number of hydrogen-bond acceptors (Lipinski definition) is 5. The minimum absolute atomic E-state index is 0.274. The molecule has 1 unspecified atom stereocenters. The summed E-state index contributed by atoms with van der Waals surface area (Å²) in [7, 11) is 1.76. The third kappa shape index (κ3) is 2.35. The molecule has 2 aromatic rings. The van der Waals surface area contributed by atoms with E-state index in [9.17, 15) is 4.79 Å². The average Bonchev–Trinajstić information content (AvgIpc) is 2.90. The van der Waals surface area contributed by atoms with Gasteiger partial charge in [-0.25, -0.2) is 4.98 Å². The van der Waals surface area contributed by atoms with Gasteiger partial charge in [-0.3, -0.25) is 4.79 Å². The Bertz CT molecular complexity index is 596. The molecule has 5 heteroatoms. The number of piperidine rings is 1. The van der Waals surface area contributed by atoms with E-state index >= 15 is 0 Å². The number of aromatic nitrogens is 1. The van der Waals surface area contributed by atoms with Crippen LogP contribution in [0.15, 0.2) is 18.3 Å². The van der Waals surface area contributed by atoms with Gasteiger partial charge in [-0.15, -0.1) is 11.3 Å². The molecule has 3 rings (SSSR count). The van der Waals surface area contributed by atoms with E-state index in [2.05, 4.69) is 9.88 Å². The number of carbonyl (C=O) groups excluding carboxylic acids is 1. The van der Waals surface area contributed by atoms with E-state index in [1.165, 1.54) is 11.3 Å². The summed E-state index contributed by atoms with van der Waals surface area (Å²) in [6, 6.07) is 3.88. The molecule has 1 atom stereocenters. The van der Waals surface area contributed by atoms with Crippen LogP contribution >= 0.6 is 11.3 Å². The highest BCUT2D eigenvalue weighted by molar-refractivity contribution is 7.21. The predicted molar refractivity (Wildman–Crippen MR) is 77.3 cm³/mol. The normalized spacial score (nSPS) is 19.8. The van der Waals surface area contributed by atoms with Crippen LogP contribution in [-0.4, -0.2) is 37.6 Å². The van der Waals surface area contributed by atoms with Crippen molar-refractivity contribution in [3.8, 4) is 0 Å². The summed E-state index contributed by atoms with van der Waals surface area (Å²) in [5.74, 6) is 0.984. The van der Waals surface area contributed by atoms with Gasteiger partial charge in [0, 0.05) is 26.4 Å². The van der Waals surface area contributed by atoms with Crippen LogP contribution in [0, 0.1) is 0 Å². The second kappa shape index (κ2) is 5.27. The van der Waals surface area contributed by atoms with Crippen LogP contribution < -0.4 is 4.90 Å². The van der Waals surface area contributed by atoms with Crippen molar-refractivity contribution in [1.82, 2.24) is 4.98 Å². The van der Waals surface area contributed by atoms with E-state index in [0.29, 0.717) is 0 Å². The lowest BCUT2D eigenvalue weighted by molar-refractivity contribution is 0.0892. The SMILES string of the molecule is COC1CCCN(c2nccc3cc(C=O)sc23)C1. The Labute approximate surface area is 116 Å². The maximum Gasteiger partial charge on any atom is 0.160 e. The van der Waals surface area contributed by atoms with Crippen LogP contribution in [0.3, 0.4) is 0 Å². The second-order valence-corrected chi connectivity index (χ2v) is 5.85. The van der Waals surface area contributed by atoms with Crippen molar-refractivity contribution in [2.45, 2.75) is 18.9 Å². The second-order valence-electron chi connectivity index (χ2n) is 4.77. The summed E-state index contributed by atoms with van der Waals surface area (Å²) in [5.41, 5.74) is 0. The third-order valence-corrected chi connectivity index (χ3v) is 4.63. The Balaban J connectivity index is 1.99. The highest BCUT2D eigenvalue weighted by atomic mass is 32.1. The number of methoxy groups -OCH3 is 1. The number of fused-ring (bicyclic) bond motifs is 1. The summed E-state index contributed by atoms with van der Waals surface area (Å²) < 4.78 is 6.56. The molecule has 0 spiro atoms. The van der Waals surface area contributed by atoms with Crippen LogP contribution in [0.4, 0.5) is 5.82 Å². The van der Waals surface area contributed by atoms with E-state index in [0.717, 1.165) is 53.0 Å². The zero-order valence-corrected chi connectivity index (χ0v) is 11.7. The fourth-order valence-electron chi connectivity index (χ4n) is 2.58. The van der Waals surface area contributed by atoms with Crippen molar-refractivity contribution >= 4 is 33.5 Å². The van der Waals surface area contributed by atoms with Gasteiger partial charge in [0.15, 0.2) is 6.29 Å². The molecule has 2 aromatic heterocycles. The van der Waals surface area contributed by atoms with Crippen LogP contribution in [0.25, 0.3) is 10.1 Å². The summed E-state index contributed by atoms with van der Waals surface area (Å²) >= 11 is 1.51. The van der Waals surface area contributed by atoms with Gasteiger partial charge in [0.2, 0.25) is 0 Å². The lowest BCUT2D eigenvalue weighted by Crippen LogP contribution is -2.39. The van der Waals surface area contributed by atoms with Gasteiger partial charge in [-0.1, -0.05) is 0 Å². The molecule has 0 bridgehead atoms. The van der Waals surface area contributed by atoms with Crippen molar-refractivity contribution in [2.75, 3.05) is 25.1 Å². The maximum absolute atomic E-state index is 10.9. The number of ether oxygens (including phenoxy) is 1. The minimum atomic E-state index is 0.274. The Morgan fingerprint density at radius 3 is 3.26 bits per heavy atom. The molecule has 1 aliphatic heterocycles. The van der Waals surface area contributed by atoms with Crippen molar-refractivity contribution < 1.29 is 9.53 Å². The van der Waals surface area contributed by atoms with Crippen molar-refractivity contribution in [2.24, 2.45) is 0 Å². The summed E-state index contributed by atoms with van der Waals surface area (Å²) in [6.07, 6.45) is 5.21. The lowest BCUT2D eigenvalue weighted by atomic mass is 10.1. The van der Waals surface area contributed by atoms with E-state index in [1.54, 1.807) is 7.11 Å². The van der Waals surface area contributed by atoms with Gasteiger partial charge >= 0.3 is 0 Å². The van der Waals surface area contributed by atoms with Gasteiger partial charge in [0.05, 0.1) is 15.7 Å². The van der Waals surface area contributed by atoms with Crippen LogP contribution in [0.1, 0.15) is 22.5 Å². The average molecular weight is 276 g/mol. The molecular formula is C14H16N2O2S. The fraction of sp³-hybridized carbons (Fsp3) is 0.429. The predicted octanol–water partition coefficient (Wildman–Crippen LogP) is 2.72. The van der Waals surface area contributed by atoms with E-state index in [-0.39, 0.29) is 6.10 Å². The van der Waals surface area contributed by atoms with Gasteiger partial charge in [-0.05, 0) is 30.4 Å². The van der Waals surface area contributed by atoms with E-state index in [4.69, 9.17) is 4.74 Å². The number of nitrogens with zero attached hydrogens (tertiary/aromatic N) is 2. The first-order valence-electron chi connectivity index (χ1n) is 6.43. The first-order chi connectivity index (χ1) is 9.31. The smallest absolute Gasteiger partial charge is 0.160 e. The molecule has 0 N–H and O–H groups in total. The lowest BCUT2D eigenvalue weighted by Gasteiger charge is -2.32. The molecule has 0 radical (unpaired) electrons. The molecule has 4 nitrogen and oxygen atoms in total. The molecular weight excluding hydrogens is 260 g/mol. The maximum atomic E-state index is 10.9. The molecule has 1 saturated heterocycles. The highest BCUT2D eigenvalue weighted by Crippen LogP contribution is 2.33. The topological polar surface area (TPSA) is 42.4 Å². The number of hydrogen-bond donors (Lipinski definition) is 0. The van der Waals surface area contributed by atoms with Crippen LogP contribution in [0.5, 0.6) is 0 Å². The third-order valence-electron chi connectivity index (χ3n) is 3.56. The van der Waals surface area contributed by atoms with Gasteiger partial charge in [0.1, 0.15) is 5.82 Å².